The molecule has 0 fully saturated rings. The molecular formula is C15H13ClN2O. The van der Waals surface area contributed by atoms with Crippen LogP contribution in [0.1, 0.15) is 17.7 Å². The van der Waals surface area contributed by atoms with Crippen LogP contribution in [0.15, 0.2) is 35.9 Å². The van der Waals surface area contributed by atoms with Crippen LogP contribution in [-0.2, 0) is 18.3 Å². The standard InChI is InChI=1S/C15H13ClN2O/c1-18-15(10-5-3-2-4-6-10)13-12(17-18)8-7-11(9-19)14(13)16/h2-6,9H,7-8H2,1H3. The van der Waals surface area contributed by atoms with Crippen molar-refractivity contribution in [1.29, 1.82) is 0 Å². The molecule has 3 nitrogen and oxygen atoms in total. The summed E-state index contributed by atoms with van der Waals surface area (Å²) >= 11 is 6.38. The van der Waals surface area contributed by atoms with Gasteiger partial charge in [-0.2, -0.15) is 5.10 Å². The topological polar surface area (TPSA) is 34.9 Å². The van der Waals surface area contributed by atoms with Gasteiger partial charge in [-0.15, -0.1) is 0 Å². The Morgan fingerprint density at radius 1 is 1.26 bits per heavy atom. The van der Waals surface area contributed by atoms with Crippen LogP contribution in [0.25, 0.3) is 16.3 Å². The number of aldehydes is 1. The van der Waals surface area contributed by atoms with E-state index in [0.717, 1.165) is 35.2 Å². The summed E-state index contributed by atoms with van der Waals surface area (Å²) in [5.41, 5.74) is 4.57. The highest BCUT2D eigenvalue weighted by molar-refractivity contribution is 6.51. The number of aryl methyl sites for hydroxylation is 2. The largest absolute Gasteiger partial charge is 0.298 e. The summed E-state index contributed by atoms with van der Waals surface area (Å²) in [6.07, 6.45) is 2.29. The van der Waals surface area contributed by atoms with E-state index in [4.69, 9.17) is 11.6 Å². The Kier molecular flexibility index (Phi) is 2.99. The number of allylic oxidation sites excluding steroid dienone is 1. The highest BCUT2D eigenvalue weighted by atomic mass is 35.5. The first-order chi connectivity index (χ1) is 9.22. The van der Waals surface area contributed by atoms with E-state index < -0.39 is 0 Å². The quantitative estimate of drug-likeness (QED) is 0.787. The number of benzene rings is 1. The smallest absolute Gasteiger partial charge is 0.147 e. The van der Waals surface area contributed by atoms with E-state index in [2.05, 4.69) is 5.10 Å². The number of nitrogens with zero attached hydrogens (tertiary/aromatic N) is 2. The summed E-state index contributed by atoms with van der Waals surface area (Å²) in [5, 5.41) is 5.07. The average Bonchev–Trinajstić information content (AvgIpc) is 2.77. The van der Waals surface area contributed by atoms with Gasteiger partial charge in [0, 0.05) is 23.7 Å². The van der Waals surface area contributed by atoms with Crippen molar-refractivity contribution in [2.75, 3.05) is 0 Å². The lowest BCUT2D eigenvalue weighted by molar-refractivity contribution is -0.105. The molecule has 0 amide bonds. The molecule has 3 rings (SSSR count). The fraction of sp³-hybridized carbons (Fsp3) is 0.200. The number of fused-ring (bicyclic) bond motifs is 1. The van der Waals surface area contributed by atoms with E-state index in [1.807, 2.05) is 42.1 Å². The zero-order chi connectivity index (χ0) is 13.4. The van der Waals surface area contributed by atoms with E-state index in [1.165, 1.54) is 0 Å². The molecule has 2 aromatic rings. The zero-order valence-corrected chi connectivity index (χ0v) is 11.3. The molecule has 0 radical (unpaired) electrons. The second-order valence-electron chi connectivity index (χ2n) is 4.62. The van der Waals surface area contributed by atoms with E-state index in [1.54, 1.807) is 0 Å². The van der Waals surface area contributed by atoms with Gasteiger partial charge in [-0.1, -0.05) is 41.9 Å². The van der Waals surface area contributed by atoms with Crippen molar-refractivity contribution in [3.05, 3.63) is 47.2 Å². The minimum absolute atomic E-state index is 0.545. The molecule has 0 unspecified atom stereocenters. The number of hydrogen-bond acceptors (Lipinski definition) is 2. The Morgan fingerprint density at radius 3 is 2.68 bits per heavy atom. The first-order valence-electron chi connectivity index (χ1n) is 6.18. The maximum Gasteiger partial charge on any atom is 0.147 e. The third kappa shape index (κ3) is 1.90. The van der Waals surface area contributed by atoms with E-state index in [-0.39, 0.29) is 0 Å². The molecule has 1 aliphatic rings. The fourth-order valence-electron chi connectivity index (χ4n) is 2.55. The lowest BCUT2D eigenvalue weighted by atomic mass is 9.94. The van der Waals surface area contributed by atoms with Crippen molar-refractivity contribution in [1.82, 2.24) is 9.78 Å². The molecule has 1 aromatic carbocycles. The SMILES string of the molecule is Cn1nc2c(c1-c1ccccc1)C(Cl)=C(C=O)CC2. The zero-order valence-electron chi connectivity index (χ0n) is 10.6. The third-order valence-corrected chi connectivity index (χ3v) is 3.87. The van der Waals surface area contributed by atoms with Crippen LogP contribution in [-0.4, -0.2) is 16.1 Å². The highest BCUT2D eigenvalue weighted by Gasteiger charge is 2.25. The molecule has 19 heavy (non-hydrogen) atoms. The molecule has 1 heterocycles. The lowest BCUT2D eigenvalue weighted by Crippen LogP contribution is -2.02. The van der Waals surface area contributed by atoms with Gasteiger partial charge in [0.15, 0.2) is 0 Å². The van der Waals surface area contributed by atoms with Crippen molar-refractivity contribution < 1.29 is 4.79 Å². The molecule has 4 heteroatoms. The first kappa shape index (κ1) is 12.2. The van der Waals surface area contributed by atoms with Gasteiger partial charge in [0.1, 0.15) is 6.29 Å². The van der Waals surface area contributed by atoms with Gasteiger partial charge in [0.25, 0.3) is 0 Å². The Labute approximate surface area is 116 Å². The maximum absolute atomic E-state index is 11.1. The van der Waals surface area contributed by atoms with Crippen LogP contribution in [0.2, 0.25) is 0 Å². The lowest BCUT2D eigenvalue weighted by Gasteiger charge is -2.13. The fourth-order valence-corrected chi connectivity index (χ4v) is 2.88. The van der Waals surface area contributed by atoms with Crippen LogP contribution >= 0.6 is 11.6 Å². The Morgan fingerprint density at radius 2 is 2.00 bits per heavy atom. The first-order valence-corrected chi connectivity index (χ1v) is 6.55. The van der Waals surface area contributed by atoms with Crippen LogP contribution in [0.5, 0.6) is 0 Å². The van der Waals surface area contributed by atoms with E-state index in [9.17, 15) is 4.79 Å². The number of carbonyl (C=O) groups is 1. The summed E-state index contributed by atoms with van der Waals surface area (Å²) < 4.78 is 1.84. The molecule has 0 bridgehead atoms. The monoisotopic (exact) mass is 272 g/mol. The molecule has 1 aromatic heterocycles. The van der Waals surface area contributed by atoms with Crippen LogP contribution in [0, 0.1) is 0 Å². The Bertz CT molecular complexity index is 671. The van der Waals surface area contributed by atoms with Gasteiger partial charge in [0.2, 0.25) is 0 Å². The summed E-state index contributed by atoms with van der Waals surface area (Å²) in [7, 11) is 1.91. The Balaban J connectivity index is 2.27. The van der Waals surface area contributed by atoms with E-state index in [0.29, 0.717) is 17.0 Å². The van der Waals surface area contributed by atoms with Gasteiger partial charge in [-0.3, -0.25) is 9.48 Å². The second-order valence-corrected chi connectivity index (χ2v) is 4.99. The second kappa shape index (κ2) is 4.67. The van der Waals surface area contributed by atoms with Crippen molar-refractivity contribution in [3.8, 4) is 11.3 Å². The number of halogens is 1. The molecule has 0 saturated carbocycles. The van der Waals surface area contributed by atoms with Gasteiger partial charge in [0.05, 0.1) is 16.4 Å². The van der Waals surface area contributed by atoms with Crippen molar-refractivity contribution in [2.45, 2.75) is 12.8 Å². The molecular weight excluding hydrogens is 260 g/mol. The van der Waals surface area contributed by atoms with Crippen molar-refractivity contribution in [2.24, 2.45) is 7.05 Å². The van der Waals surface area contributed by atoms with Crippen molar-refractivity contribution >= 4 is 22.9 Å². The normalized spacial score (nSPS) is 14.4. The van der Waals surface area contributed by atoms with Gasteiger partial charge in [-0.05, 0) is 12.8 Å². The van der Waals surface area contributed by atoms with Gasteiger partial charge >= 0.3 is 0 Å². The predicted molar refractivity (Wildman–Crippen MR) is 75.8 cm³/mol. The number of carbonyl (C=O) groups excluding carboxylic acids is 1. The molecule has 0 atom stereocenters. The number of aromatic nitrogens is 2. The van der Waals surface area contributed by atoms with Gasteiger partial charge < -0.3 is 0 Å². The number of hydrogen-bond donors (Lipinski definition) is 0. The molecule has 0 spiro atoms. The number of rotatable bonds is 2. The van der Waals surface area contributed by atoms with Gasteiger partial charge in [-0.25, -0.2) is 0 Å². The molecule has 1 aliphatic carbocycles. The summed E-state index contributed by atoms with van der Waals surface area (Å²) in [5.74, 6) is 0. The Hall–Kier alpha value is -1.87. The minimum atomic E-state index is 0.545. The van der Waals surface area contributed by atoms with Crippen LogP contribution in [0.3, 0.4) is 0 Å². The molecule has 0 aliphatic heterocycles. The summed E-state index contributed by atoms with van der Waals surface area (Å²) in [4.78, 5) is 11.1. The minimum Gasteiger partial charge on any atom is -0.298 e. The molecule has 0 saturated heterocycles. The summed E-state index contributed by atoms with van der Waals surface area (Å²) in [6.45, 7) is 0. The molecule has 0 N–H and O–H groups in total. The highest BCUT2D eigenvalue weighted by Crippen LogP contribution is 2.39. The molecule has 96 valence electrons. The summed E-state index contributed by atoms with van der Waals surface area (Å²) in [6, 6.07) is 9.99. The van der Waals surface area contributed by atoms with Crippen molar-refractivity contribution in [3.63, 3.8) is 0 Å². The van der Waals surface area contributed by atoms with Crippen LogP contribution in [0.4, 0.5) is 0 Å². The maximum atomic E-state index is 11.1. The third-order valence-electron chi connectivity index (χ3n) is 3.44. The predicted octanol–water partition coefficient (Wildman–Crippen LogP) is 3.18. The van der Waals surface area contributed by atoms with Crippen LogP contribution < -0.4 is 0 Å². The average molecular weight is 273 g/mol. The van der Waals surface area contributed by atoms with E-state index >= 15 is 0 Å².